The van der Waals surface area contributed by atoms with E-state index in [1.165, 1.54) is 4.68 Å². The van der Waals surface area contributed by atoms with Crippen LogP contribution in [0.2, 0.25) is 10.2 Å². The highest BCUT2D eigenvalue weighted by Gasteiger charge is 2.37. The molecule has 3 amide bonds. The van der Waals surface area contributed by atoms with E-state index >= 15 is 0 Å². The van der Waals surface area contributed by atoms with Crippen molar-refractivity contribution in [1.29, 1.82) is 0 Å². The number of ketones is 1. The lowest BCUT2D eigenvalue weighted by atomic mass is 10.0. The number of aromatic nitrogens is 6. The minimum absolute atomic E-state index is 0.0665. The van der Waals surface area contributed by atoms with Gasteiger partial charge in [0, 0.05) is 111 Å². The number of methoxy groups -OCH3 is 1. The van der Waals surface area contributed by atoms with Crippen molar-refractivity contribution < 1.29 is 33.4 Å². The van der Waals surface area contributed by atoms with Gasteiger partial charge in [-0.05, 0) is 37.1 Å². The molecule has 1 fully saturated rings. The molecule has 19 heteroatoms. The van der Waals surface area contributed by atoms with Crippen molar-refractivity contribution in [2.75, 3.05) is 45.4 Å². The number of Topliss-reactive ketones (excluding diaryl/α,β-unsaturated/α-hetero) is 1. The highest BCUT2D eigenvalue weighted by atomic mass is 35.5. The van der Waals surface area contributed by atoms with Gasteiger partial charge in [-0.2, -0.15) is 10.2 Å². The first-order chi connectivity index (χ1) is 29.5. The van der Waals surface area contributed by atoms with E-state index in [1.807, 2.05) is 25.1 Å². The van der Waals surface area contributed by atoms with Gasteiger partial charge in [0.2, 0.25) is 11.8 Å². The Bertz CT molecular complexity index is 2450. The number of piperidine rings is 1. The molecule has 7 rings (SSSR count). The molecule has 4 aromatic heterocycles. The maximum absolute atomic E-state index is 13.2. The number of carbonyl (C=O) groups excluding carboxylic acids is 4. The normalized spacial score (nSPS) is 15.6. The van der Waals surface area contributed by atoms with Crippen LogP contribution in [0.1, 0.15) is 70.6 Å². The molecule has 1 saturated heterocycles. The Balaban J connectivity index is 0.780. The standard InChI is InChI=1S/C42H46Cl2N10O7/c1-25-35(7-8-39(57)50-25)52-24-32-31(42(52)58)5-4-6-34(32)45-10-12-61-14-13-60-11-9-38(56)47-20-28-21-49-53(23-28)41-33(43)16-27(19-48-41)15-30(55)17-29-22-46-37-18-36(44)51-54(37)40(29)26(2)59-3/h4-6,16,18-19,21-23,26,35,45H,1,7-15,17,20,24H2,2-3H3,(H,47,56)(H,50,57)/t26-,35?/m0/s1. The number of amides is 3. The number of rotatable bonds is 20. The van der Waals surface area contributed by atoms with Gasteiger partial charge in [0.1, 0.15) is 5.78 Å². The topological polar surface area (TPSA) is 196 Å². The highest BCUT2D eigenvalue weighted by molar-refractivity contribution is 6.32. The molecule has 320 valence electrons. The molecule has 1 aromatic carbocycles. The summed E-state index contributed by atoms with van der Waals surface area (Å²) in [5, 5.41) is 18.3. The van der Waals surface area contributed by atoms with Gasteiger partial charge in [-0.15, -0.1) is 0 Å². The van der Waals surface area contributed by atoms with E-state index in [0.717, 1.165) is 16.8 Å². The number of nitrogens with one attached hydrogen (secondary N) is 3. The Morgan fingerprint density at radius 3 is 2.64 bits per heavy atom. The molecule has 2 aliphatic rings. The third-order valence-corrected chi connectivity index (χ3v) is 10.9. The van der Waals surface area contributed by atoms with Crippen LogP contribution < -0.4 is 16.0 Å². The SMILES string of the molecule is C=C1NC(=O)CCC1N1Cc2c(NCCOCCOCCC(=O)NCc3cnn(-c4ncc(CC(=O)Cc5cnc6cc(Cl)nn6c5[C@H](C)OC)cc4Cl)c3)cccc2C1=O. The minimum atomic E-state index is -0.353. The second kappa shape index (κ2) is 19.8. The van der Waals surface area contributed by atoms with Gasteiger partial charge in [0.15, 0.2) is 16.6 Å². The van der Waals surface area contributed by atoms with E-state index in [4.69, 9.17) is 37.4 Å². The predicted octanol–water partition coefficient (Wildman–Crippen LogP) is 4.58. The van der Waals surface area contributed by atoms with Crippen LogP contribution in [0.15, 0.2) is 67.4 Å². The van der Waals surface area contributed by atoms with E-state index in [-0.39, 0.29) is 68.1 Å². The minimum Gasteiger partial charge on any atom is -0.382 e. The molecule has 2 atom stereocenters. The second-order valence-corrected chi connectivity index (χ2v) is 15.5. The number of fused-ring (bicyclic) bond motifs is 2. The van der Waals surface area contributed by atoms with Gasteiger partial charge in [-0.1, -0.05) is 35.8 Å². The van der Waals surface area contributed by atoms with E-state index in [2.05, 4.69) is 42.7 Å². The van der Waals surface area contributed by atoms with Crippen LogP contribution in [0.4, 0.5) is 5.69 Å². The van der Waals surface area contributed by atoms with Crippen LogP contribution in [0.5, 0.6) is 0 Å². The molecule has 1 unspecified atom stereocenters. The van der Waals surface area contributed by atoms with E-state index in [1.54, 1.807) is 53.4 Å². The Morgan fingerprint density at radius 2 is 1.85 bits per heavy atom. The summed E-state index contributed by atoms with van der Waals surface area (Å²) in [6.07, 6.45) is 7.51. The summed E-state index contributed by atoms with van der Waals surface area (Å²) in [5.74, 6) is -0.00843. The summed E-state index contributed by atoms with van der Waals surface area (Å²) in [5.41, 5.74) is 6.31. The molecule has 0 aliphatic carbocycles. The largest absolute Gasteiger partial charge is 0.382 e. The fourth-order valence-electron chi connectivity index (χ4n) is 7.36. The average molecular weight is 874 g/mol. The number of anilines is 1. The Morgan fingerprint density at radius 1 is 1.03 bits per heavy atom. The quantitative estimate of drug-likeness (QED) is 0.0923. The number of ether oxygens (including phenoxy) is 3. The average Bonchev–Trinajstić information content (AvgIpc) is 3.96. The molecular weight excluding hydrogens is 827 g/mol. The first kappa shape index (κ1) is 43.4. The molecule has 61 heavy (non-hydrogen) atoms. The zero-order chi connectivity index (χ0) is 43.0. The maximum atomic E-state index is 13.2. The zero-order valence-electron chi connectivity index (χ0n) is 33.8. The smallest absolute Gasteiger partial charge is 0.255 e. The number of hydrogen-bond acceptors (Lipinski definition) is 12. The highest BCUT2D eigenvalue weighted by Crippen LogP contribution is 2.33. The van der Waals surface area contributed by atoms with Crippen LogP contribution >= 0.6 is 23.2 Å². The monoisotopic (exact) mass is 872 g/mol. The molecule has 17 nitrogen and oxygen atoms in total. The molecule has 0 radical (unpaired) electrons. The molecule has 3 N–H and O–H groups in total. The number of pyridine rings is 1. The van der Waals surface area contributed by atoms with Crippen molar-refractivity contribution in [3.63, 3.8) is 0 Å². The molecular formula is C42H46Cl2N10O7. The predicted molar refractivity (Wildman–Crippen MR) is 225 cm³/mol. The van der Waals surface area contributed by atoms with Crippen LogP contribution in [0, 0.1) is 0 Å². The van der Waals surface area contributed by atoms with E-state index in [9.17, 15) is 19.2 Å². The molecule has 0 saturated carbocycles. The summed E-state index contributed by atoms with van der Waals surface area (Å²) in [4.78, 5) is 61.2. The molecule has 0 bridgehead atoms. The Hall–Kier alpha value is -5.72. The van der Waals surface area contributed by atoms with Crippen molar-refractivity contribution in [2.45, 2.75) is 64.3 Å². The Kier molecular flexibility index (Phi) is 14.1. The molecule has 2 aliphatic heterocycles. The third kappa shape index (κ3) is 10.4. The van der Waals surface area contributed by atoms with Crippen molar-refractivity contribution in [3.05, 3.63) is 111 Å². The first-order valence-corrected chi connectivity index (χ1v) is 20.6. The number of benzene rings is 1. The van der Waals surface area contributed by atoms with Gasteiger partial charge >= 0.3 is 0 Å². The fraction of sp³-hybridized carbons (Fsp3) is 0.381. The zero-order valence-corrected chi connectivity index (χ0v) is 35.3. The van der Waals surface area contributed by atoms with Crippen LogP contribution in [-0.2, 0) is 54.5 Å². The summed E-state index contributed by atoms with van der Waals surface area (Å²) in [6, 6.07) is 8.71. The van der Waals surface area contributed by atoms with Crippen LogP contribution in [0.3, 0.4) is 0 Å². The van der Waals surface area contributed by atoms with Crippen LogP contribution in [-0.4, -0.2) is 104 Å². The summed E-state index contributed by atoms with van der Waals surface area (Å²) in [6.45, 7) is 8.39. The Labute approximate surface area is 361 Å². The lowest BCUT2D eigenvalue weighted by molar-refractivity contribution is -0.123. The first-order valence-electron chi connectivity index (χ1n) is 19.8. The number of halogens is 2. The van der Waals surface area contributed by atoms with Gasteiger partial charge in [0.05, 0.1) is 55.5 Å². The van der Waals surface area contributed by atoms with Crippen molar-refractivity contribution >= 4 is 58.0 Å². The summed E-state index contributed by atoms with van der Waals surface area (Å²) in [7, 11) is 1.58. The van der Waals surface area contributed by atoms with Crippen molar-refractivity contribution in [2.24, 2.45) is 0 Å². The van der Waals surface area contributed by atoms with Crippen molar-refractivity contribution in [1.82, 2.24) is 44.9 Å². The van der Waals surface area contributed by atoms with Gasteiger partial charge in [0.25, 0.3) is 5.91 Å². The fourth-order valence-corrected chi connectivity index (χ4v) is 7.81. The van der Waals surface area contributed by atoms with Gasteiger partial charge < -0.3 is 35.1 Å². The lowest BCUT2D eigenvalue weighted by Gasteiger charge is -2.32. The maximum Gasteiger partial charge on any atom is 0.255 e. The summed E-state index contributed by atoms with van der Waals surface area (Å²) >= 11 is 12.7. The van der Waals surface area contributed by atoms with Crippen molar-refractivity contribution in [3.8, 4) is 5.82 Å². The summed E-state index contributed by atoms with van der Waals surface area (Å²) < 4.78 is 20.0. The number of nitrogens with zero attached hydrogens (tertiary/aromatic N) is 7. The number of carbonyl (C=O) groups is 4. The van der Waals surface area contributed by atoms with E-state index < -0.39 is 0 Å². The molecule has 0 spiro atoms. The van der Waals surface area contributed by atoms with Crippen LogP contribution in [0.25, 0.3) is 11.5 Å². The van der Waals surface area contributed by atoms with Gasteiger partial charge in [-0.3, -0.25) is 19.2 Å². The molecule has 5 aromatic rings. The third-order valence-electron chi connectivity index (χ3n) is 10.4. The molecule has 6 heterocycles. The lowest BCUT2D eigenvalue weighted by Crippen LogP contribution is -2.45. The van der Waals surface area contributed by atoms with E-state index in [0.29, 0.717) is 95.5 Å². The second-order valence-electron chi connectivity index (χ2n) is 14.7. The number of hydrogen-bond donors (Lipinski definition) is 3. The van der Waals surface area contributed by atoms with Gasteiger partial charge in [-0.25, -0.2) is 19.2 Å².